The number of allylic oxidation sites excluding steroid dienone is 5. The Kier molecular flexibility index (Phi) is 3.13. The first kappa shape index (κ1) is 11.4. The molecule has 0 N–H and O–H groups in total. The van der Waals surface area contributed by atoms with E-state index in [0.717, 1.165) is 12.0 Å². The van der Waals surface area contributed by atoms with Crippen molar-refractivity contribution in [3.63, 3.8) is 0 Å². The van der Waals surface area contributed by atoms with Crippen LogP contribution in [0.3, 0.4) is 0 Å². The van der Waals surface area contributed by atoms with Gasteiger partial charge in [-0.1, -0.05) is 37.6 Å². The Hall–Kier alpha value is -1.11. The quantitative estimate of drug-likeness (QED) is 0.641. The van der Waals surface area contributed by atoms with E-state index >= 15 is 0 Å². The zero-order valence-electron chi connectivity index (χ0n) is 10.0. The maximum atomic E-state index is 12.2. The molecular weight excluding hydrogens is 196 g/mol. The minimum atomic E-state index is 0.0381. The van der Waals surface area contributed by atoms with Crippen LogP contribution in [0.2, 0.25) is 0 Å². The Labute approximate surface area is 97.9 Å². The summed E-state index contributed by atoms with van der Waals surface area (Å²) in [5.41, 5.74) is 1.21. The van der Waals surface area contributed by atoms with Crippen molar-refractivity contribution in [1.29, 1.82) is 0 Å². The lowest BCUT2D eigenvalue weighted by Crippen LogP contribution is -2.35. The molecule has 2 aliphatic carbocycles. The highest BCUT2D eigenvalue weighted by Crippen LogP contribution is 2.52. The first-order valence-electron chi connectivity index (χ1n) is 6.21. The van der Waals surface area contributed by atoms with E-state index in [1.165, 1.54) is 25.7 Å². The van der Waals surface area contributed by atoms with E-state index in [1.807, 2.05) is 19.1 Å². The predicted octanol–water partition coefficient (Wildman–Crippen LogP) is 3.82. The summed E-state index contributed by atoms with van der Waals surface area (Å²) >= 11 is 0. The topological polar surface area (TPSA) is 17.1 Å². The van der Waals surface area contributed by atoms with Crippen LogP contribution in [0.1, 0.15) is 39.0 Å². The summed E-state index contributed by atoms with van der Waals surface area (Å²) in [7, 11) is 0. The first-order chi connectivity index (χ1) is 7.69. The second-order valence-electron chi connectivity index (χ2n) is 5.09. The van der Waals surface area contributed by atoms with Crippen LogP contribution >= 0.6 is 0 Å². The summed E-state index contributed by atoms with van der Waals surface area (Å²) in [6.45, 7) is 5.98. The summed E-state index contributed by atoms with van der Waals surface area (Å²) in [5, 5.41) is 0. The van der Waals surface area contributed by atoms with Gasteiger partial charge in [-0.2, -0.15) is 0 Å². The van der Waals surface area contributed by atoms with Gasteiger partial charge in [-0.15, -0.1) is 0 Å². The molecule has 0 radical (unpaired) electrons. The van der Waals surface area contributed by atoms with E-state index in [4.69, 9.17) is 0 Å². The third kappa shape index (κ3) is 1.79. The second-order valence-corrected chi connectivity index (χ2v) is 5.09. The fourth-order valence-corrected chi connectivity index (χ4v) is 3.37. The van der Waals surface area contributed by atoms with Gasteiger partial charge in [-0.3, -0.25) is 4.79 Å². The van der Waals surface area contributed by atoms with Crippen LogP contribution in [-0.4, -0.2) is 5.78 Å². The minimum absolute atomic E-state index is 0.0381. The van der Waals surface area contributed by atoms with Gasteiger partial charge in [0.25, 0.3) is 0 Å². The van der Waals surface area contributed by atoms with Crippen molar-refractivity contribution in [2.45, 2.75) is 39.0 Å². The molecule has 1 heteroatoms. The fraction of sp³-hybridized carbons (Fsp3) is 0.533. The van der Waals surface area contributed by atoms with Gasteiger partial charge >= 0.3 is 0 Å². The van der Waals surface area contributed by atoms with Crippen molar-refractivity contribution in [3.05, 3.63) is 36.5 Å². The van der Waals surface area contributed by atoms with Crippen molar-refractivity contribution >= 4 is 5.78 Å². The van der Waals surface area contributed by atoms with Crippen molar-refractivity contribution in [3.8, 4) is 0 Å². The summed E-state index contributed by atoms with van der Waals surface area (Å²) in [6, 6.07) is 0. The lowest BCUT2D eigenvalue weighted by molar-refractivity contribution is -0.120. The third-order valence-electron chi connectivity index (χ3n) is 4.05. The summed E-state index contributed by atoms with van der Waals surface area (Å²) in [4.78, 5) is 12.2. The SMILES string of the molecule is C=C1C=CCC2(CCCC2)C1C(=O)/C=C/C. The molecule has 1 saturated carbocycles. The van der Waals surface area contributed by atoms with Gasteiger partial charge in [-0.25, -0.2) is 0 Å². The van der Waals surface area contributed by atoms with Gasteiger partial charge in [0.2, 0.25) is 0 Å². The number of hydrogen-bond donors (Lipinski definition) is 0. The van der Waals surface area contributed by atoms with E-state index in [0.29, 0.717) is 0 Å². The average Bonchev–Trinajstić information content (AvgIpc) is 2.67. The molecule has 2 rings (SSSR count). The molecule has 16 heavy (non-hydrogen) atoms. The highest BCUT2D eigenvalue weighted by atomic mass is 16.1. The number of carbonyl (C=O) groups excluding carboxylic acids is 1. The molecule has 0 saturated heterocycles. The Balaban J connectivity index is 2.32. The Morgan fingerprint density at radius 2 is 2.19 bits per heavy atom. The average molecular weight is 216 g/mol. The zero-order valence-corrected chi connectivity index (χ0v) is 10.0. The molecule has 86 valence electrons. The van der Waals surface area contributed by atoms with Gasteiger partial charge in [0.15, 0.2) is 5.78 Å². The molecule has 0 aromatic carbocycles. The fourth-order valence-electron chi connectivity index (χ4n) is 3.37. The van der Waals surface area contributed by atoms with Gasteiger partial charge in [0.1, 0.15) is 0 Å². The van der Waals surface area contributed by atoms with Crippen LogP contribution in [0.4, 0.5) is 0 Å². The molecule has 1 atom stereocenters. The lowest BCUT2D eigenvalue weighted by atomic mass is 9.64. The number of carbonyl (C=O) groups is 1. The van der Waals surface area contributed by atoms with E-state index in [1.54, 1.807) is 6.08 Å². The maximum absolute atomic E-state index is 12.2. The first-order valence-corrected chi connectivity index (χ1v) is 6.21. The number of hydrogen-bond acceptors (Lipinski definition) is 1. The van der Waals surface area contributed by atoms with Crippen molar-refractivity contribution < 1.29 is 4.79 Å². The van der Waals surface area contributed by atoms with Gasteiger partial charge in [0.05, 0.1) is 5.92 Å². The highest BCUT2D eigenvalue weighted by Gasteiger charge is 2.45. The highest BCUT2D eigenvalue weighted by molar-refractivity contribution is 5.95. The van der Waals surface area contributed by atoms with Crippen LogP contribution in [0, 0.1) is 11.3 Å². The van der Waals surface area contributed by atoms with E-state index in [-0.39, 0.29) is 17.1 Å². The van der Waals surface area contributed by atoms with Gasteiger partial charge in [-0.05, 0) is 43.3 Å². The molecule has 0 aromatic heterocycles. The largest absolute Gasteiger partial charge is 0.294 e. The molecule has 1 unspecified atom stereocenters. The van der Waals surface area contributed by atoms with Crippen molar-refractivity contribution in [1.82, 2.24) is 0 Å². The molecule has 1 nitrogen and oxygen atoms in total. The van der Waals surface area contributed by atoms with E-state index < -0.39 is 0 Å². The summed E-state index contributed by atoms with van der Waals surface area (Å²) in [5.74, 6) is 0.287. The normalized spacial score (nSPS) is 28.1. The predicted molar refractivity (Wildman–Crippen MR) is 67.1 cm³/mol. The molecule has 0 aliphatic heterocycles. The maximum Gasteiger partial charge on any atom is 0.163 e. The Bertz CT molecular complexity index is 354. The molecule has 0 bridgehead atoms. The zero-order chi connectivity index (χ0) is 11.6. The van der Waals surface area contributed by atoms with Crippen LogP contribution in [-0.2, 0) is 4.79 Å². The molecular formula is C15H20O. The molecule has 0 aromatic rings. The molecule has 2 aliphatic rings. The standard InChI is InChI=1S/C15H20O/c1-3-7-13(16)14-12(2)8-6-11-15(14)9-4-5-10-15/h3,6-8,14H,2,4-5,9-11H2,1H3/b7-3+. The van der Waals surface area contributed by atoms with E-state index in [2.05, 4.69) is 12.7 Å². The number of rotatable bonds is 2. The van der Waals surface area contributed by atoms with Crippen LogP contribution in [0.25, 0.3) is 0 Å². The van der Waals surface area contributed by atoms with Gasteiger partial charge in [0, 0.05) is 0 Å². The smallest absolute Gasteiger partial charge is 0.163 e. The molecule has 1 spiro atoms. The van der Waals surface area contributed by atoms with Crippen molar-refractivity contribution in [2.75, 3.05) is 0 Å². The molecule has 0 amide bonds. The van der Waals surface area contributed by atoms with Crippen LogP contribution in [0.15, 0.2) is 36.5 Å². The van der Waals surface area contributed by atoms with E-state index in [9.17, 15) is 4.79 Å². The third-order valence-corrected chi connectivity index (χ3v) is 4.05. The van der Waals surface area contributed by atoms with Crippen LogP contribution < -0.4 is 0 Å². The summed E-state index contributed by atoms with van der Waals surface area (Å²) in [6.07, 6.45) is 13.8. The van der Waals surface area contributed by atoms with Gasteiger partial charge < -0.3 is 0 Å². The monoisotopic (exact) mass is 216 g/mol. The second kappa shape index (κ2) is 4.40. The Morgan fingerprint density at radius 1 is 1.50 bits per heavy atom. The van der Waals surface area contributed by atoms with Crippen LogP contribution in [0.5, 0.6) is 0 Å². The molecule has 0 heterocycles. The minimum Gasteiger partial charge on any atom is -0.294 e. The number of ketones is 1. The molecule has 1 fully saturated rings. The lowest BCUT2D eigenvalue weighted by Gasteiger charge is -2.38. The Morgan fingerprint density at radius 3 is 2.81 bits per heavy atom. The summed E-state index contributed by atoms with van der Waals surface area (Å²) < 4.78 is 0. The van der Waals surface area contributed by atoms with Crippen molar-refractivity contribution in [2.24, 2.45) is 11.3 Å².